The van der Waals surface area contributed by atoms with E-state index < -0.39 is 10.0 Å². The highest BCUT2D eigenvalue weighted by molar-refractivity contribution is 7.92. The van der Waals surface area contributed by atoms with Crippen molar-refractivity contribution in [3.05, 3.63) is 78.1 Å². The Labute approximate surface area is 186 Å². The largest absolute Gasteiger partial charge is 0.497 e. The predicted molar refractivity (Wildman–Crippen MR) is 123 cm³/mol. The van der Waals surface area contributed by atoms with Crippen molar-refractivity contribution < 1.29 is 17.9 Å². The normalized spacial score (nSPS) is 11.5. The van der Waals surface area contributed by atoms with Gasteiger partial charge < -0.3 is 4.74 Å². The lowest BCUT2D eigenvalue weighted by Crippen LogP contribution is -2.29. The number of anilines is 1. The summed E-state index contributed by atoms with van der Waals surface area (Å²) in [4.78, 5) is 17.4. The van der Waals surface area contributed by atoms with Gasteiger partial charge in [0, 0.05) is 23.9 Å². The molecule has 0 amide bonds. The number of nitrogens with zero attached hydrogens (tertiary/aromatic N) is 4. The van der Waals surface area contributed by atoms with E-state index in [1.807, 2.05) is 6.07 Å². The molecule has 164 valence electrons. The lowest BCUT2D eigenvalue weighted by molar-refractivity contribution is 0.104. The van der Waals surface area contributed by atoms with Crippen molar-refractivity contribution in [1.29, 1.82) is 0 Å². The molecule has 0 unspecified atom stereocenters. The van der Waals surface area contributed by atoms with Crippen LogP contribution in [-0.4, -0.2) is 48.7 Å². The second-order valence-electron chi connectivity index (χ2n) is 7.16. The number of rotatable bonds is 7. The lowest BCUT2D eigenvalue weighted by atomic mass is 10.1. The molecule has 2 heterocycles. The maximum absolute atomic E-state index is 13.1. The molecule has 4 aromatic rings. The molecule has 0 saturated heterocycles. The third kappa shape index (κ3) is 3.94. The average Bonchev–Trinajstić information content (AvgIpc) is 3.22. The molecule has 0 atom stereocenters. The van der Waals surface area contributed by atoms with Crippen LogP contribution >= 0.6 is 0 Å². The molecular weight excluding hydrogens is 428 g/mol. The summed E-state index contributed by atoms with van der Waals surface area (Å²) in [5.41, 5.74) is 3.29. The number of ketones is 1. The Morgan fingerprint density at radius 1 is 1.12 bits per heavy atom. The van der Waals surface area contributed by atoms with E-state index in [1.165, 1.54) is 16.8 Å². The molecule has 0 saturated carbocycles. The summed E-state index contributed by atoms with van der Waals surface area (Å²) >= 11 is 0. The Morgan fingerprint density at radius 2 is 1.88 bits per heavy atom. The summed E-state index contributed by atoms with van der Waals surface area (Å²) in [5.74, 6) is 0.465. The molecule has 2 aromatic heterocycles. The smallest absolute Gasteiger partial charge is 0.232 e. The summed E-state index contributed by atoms with van der Waals surface area (Å²) in [7, 11) is -1.84. The van der Waals surface area contributed by atoms with E-state index >= 15 is 0 Å². The summed E-state index contributed by atoms with van der Waals surface area (Å²) in [6.07, 6.45) is 4.29. The van der Waals surface area contributed by atoms with Gasteiger partial charge in [0.15, 0.2) is 11.4 Å². The van der Waals surface area contributed by atoms with Gasteiger partial charge in [-0.05, 0) is 49.4 Å². The van der Waals surface area contributed by atoms with Gasteiger partial charge in [0.25, 0.3) is 0 Å². The molecule has 32 heavy (non-hydrogen) atoms. The Morgan fingerprint density at radius 3 is 2.53 bits per heavy atom. The number of fused-ring (bicyclic) bond motifs is 1. The summed E-state index contributed by atoms with van der Waals surface area (Å²) in [6.45, 7) is 2.10. The van der Waals surface area contributed by atoms with Crippen molar-refractivity contribution in [2.75, 3.05) is 24.2 Å². The van der Waals surface area contributed by atoms with Crippen LogP contribution in [0.2, 0.25) is 0 Å². The molecule has 9 heteroatoms. The van der Waals surface area contributed by atoms with Crippen LogP contribution in [-0.2, 0) is 10.0 Å². The fraction of sp³-hybridized carbons (Fsp3) is 0.174. The fourth-order valence-corrected chi connectivity index (χ4v) is 4.56. The van der Waals surface area contributed by atoms with Crippen LogP contribution in [0.25, 0.3) is 16.9 Å². The van der Waals surface area contributed by atoms with E-state index in [0.29, 0.717) is 40.4 Å². The highest BCUT2D eigenvalue weighted by Gasteiger charge is 2.19. The van der Waals surface area contributed by atoms with Crippen LogP contribution in [0.5, 0.6) is 5.75 Å². The van der Waals surface area contributed by atoms with Gasteiger partial charge in [0.05, 0.1) is 36.5 Å². The molecule has 0 aliphatic carbocycles. The summed E-state index contributed by atoms with van der Waals surface area (Å²) in [5, 5.41) is 4.40. The highest BCUT2D eigenvalue weighted by Crippen LogP contribution is 2.27. The van der Waals surface area contributed by atoms with Crippen molar-refractivity contribution in [2.45, 2.75) is 6.92 Å². The first-order valence-electron chi connectivity index (χ1n) is 9.93. The number of methoxy groups -OCH3 is 1. The van der Waals surface area contributed by atoms with E-state index in [2.05, 4.69) is 10.1 Å². The van der Waals surface area contributed by atoms with Crippen molar-refractivity contribution in [3.8, 4) is 17.0 Å². The van der Waals surface area contributed by atoms with E-state index in [9.17, 15) is 13.2 Å². The van der Waals surface area contributed by atoms with E-state index in [1.54, 1.807) is 73.3 Å². The maximum Gasteiger partial charge on any atom is 0.232 e. The van der Waals surface area contributed by atoms with Crippen molar-refractivity contribution in [2.24, 2.45) is 0 Å². The molecule has 0 bridgehead atoms. The molecular formula is C23H22N4O4S. The van der Waals surface area contributed by atoms with Crippen LogP contribution < -0.4 is 9.04 Å². The van der Waals surface area contributed by atoms with Crippen molar-refractivity contribution >= 4 is 27.1 Å². The monoisotopic (exact) mass is 450 g/mol. The lowest BCUT2D eigenvalue weighted by Gasteiger charge is -2.21. The van der Waals surface area contributed by atoms with Gasteiger partial charge in [-0.25, -0.2) is 17.9 Å². The Hall–Kier alpha value is -3.72. The Kier molecular flexibility index (Phi) is 5.67. The highest BCUT2D eigenvalue weighted by atomic mass is 32.2. The number of sulfonamides is 1. The third-order valence-corrected chi connectivity index (χ3v) is 6.39. The van der Waals surface area contributed by atoms with Crippen molar-refractivity contribution in [3.63, 3.8) is 0 Å². The average molecular weight is 451 g/mol. The molecule has 0 aliphatic rings. The van der Waals surface area contributed by atoms with Crippen LogP contribution in [0.3, 0.4) is 0 Å². The molecule has 0 fully saturated rings. The van der Waals surface area contributed by atoms with Gasteiger partial charge >= 0.3 is 0 Å². The molecule has 2 aromatic carbocycles. The zero-order chi connectivity index (χ0) is 22.9. The number of ether oxygens (including phenoxy) is 1. The molecule has 0 N–H and O–H groups in total. The number of aromatic nitrogens is 3. The first kappa shape index (κ1) is 21.5. The Balaban J connectivity index is 1.77. The van der Waals surface area contributed by atoms with E-state index in [0.717, 1.165) is 5.56 Å². The first-order valence-corrected chi connectivity index (χ1v) is 11.8. The SMILES string of the molecule is CCN(c1cccc(-c2ccnc3c(C(=O)c4ccc(OC)cc4)cnn23)c1)S(C)(=O)=O. The second kappa shape index (κ2) is 8.43. The molecule has 0 spiro atoms. The summed E-state index contributed by atoms with van der Waals surface area (Å²) in [6, 6.07) is 15.8. The zero-order valence-electron chi connectivity index (χ0n) is 17.9. The number of hydrogen-bond donors (Lipinski definition) is 0. The number of benzene rings is 2. The zero-order valence-corrected chi connectivity index (χ0v) is 18.7. The molecule has 4 rings (SSSR count). The van der Waals surface area contributed by atoms with Crippen LogP contribution in [0.4, 0.5) is 5.69 Å². The van der Waals surface area contributed by atoms with Crippen LogP contribution in [0.15, 0.2) is 67.0 Å². The van der Waals surface area contributed by atoms with Gasteiger partial charge in [0.2, 0.25) is 10.0 Å². The predicted octanol–water partition coefficient (Wildman–Crippen LogP) is 3.42. The van der Waals surface area contributed by atoms with E-state index in [4.69, 9.17) is 4.74 Å². The minimum atomic E-state index is -3.41. The number of carbonyl (C=O) groups is 1. The van der Waals surface area contributed by atoms with Crippen LogP contribution in [0, 0.1) is 0 Å². The van der Waals surface area contributed by atoms with E-state index in [-0.39, 0.29) is 5.78 Å². The standard InChI is InChI=1S/C23H22N4O4S/c1-4-26(32(3,29)30)18-7-5-6-17(14-18)21-12-13-24-23-20(15-25-27(21)23)22(28)16-8-10-19(31-2)11-9-16/h5-15H,4H2,1-3H3. The molecule has 0 radical (unpaired) electrons. The fourth-order valence-electron chi connectivity index (χ4n) is 3.60. The Bertz CT molecular complexity index is 1400. The number of hydrogen-bond acceptors (Lipinski definition) is 6. The van der Waals surface area contributed by atoms with Gasteiger partial charge in [-0.3, -0.25) is 9.10 Å². The van der Waals surface area contributed by atoms with Gasteiger partial charge in [0.1, 0.15) is 5.75 Å². The summed E-state index contributed by atoms with van der Waals surface area (Å²) < 4.78 is 32.3. The van der Waals surface area contributed by atoms with Gasteiger partial charge in [-0.1, -0.05) is 12.1 Å². The third-order valence-electron chi connectivity index (χ3n) is 5.12. The minimum absolute atomic E-state index is 0.199. The minimum Gasteiger partial charge on any atom is -0.497 e. The number of carbonyl (C=O) groups excluding carboxylic acids is 1. The van der Waals surface area contributed by atoms with Gasteiger partial charge in [-0.2, -0.15) is 5.10 Å². The first-order chi connectivity index (χ1) is 15.3. The van der Waals surface area contributed by atoms with Gasteiger partial charge in [-0.15, -0.1) is 0 Å². The molecule has 8 nitrogen and oxygen atoms in total. The topological polar surface area (TPSA) is 93.9 Å². The molecule has 0 aliphatic heterocycles. The second-order valence-corrected chi connectivity index (χ2v) is 9.07. The quantitative estimate of drug-likeness (QED) is 0.401. The maximum atomic E-state index is 13.1. The van der Waals surface area contributed by atoms with Crippen LogP contribution in [0.1, 0.15) is 22.8 Å². The van der Waals surface area contributed by atoms with Crippen molar-refractivity contribution in [1.82, 2.24) is 14.6 Å².